The monoisotopic (exact) mass is 401 g/mol. The van der Waals surface area contributed by atoms with E-state index in [1.807, 2.05) is 12.3 Å². The van der Waals surface area contributed by atoms with Crippen LogP contribution in [0.5, 0.6) is 0 Å². The zero-order valence-electron chi connectivity index (χ0n) is 16.3. The maximum atomic E-state index is 12.6. The molecule has 1 aliphatic heterocycles. The van der Waals surface area contributed by atoms with E-state index in [1.54, 1.807) is 24.5 Å². The van der Waals surface area contributed by atoms with Crippen LogP contribution in [0.4, 0.5) is 5.82 Å². The molecule has 6 rings (SSSR count). The fourth-order valence-corrected chi connectivity index (χ4v) is 4.52. The molecule has 2 atom stereocenters. The highest BCUT2D eigenvalue weighted by Crippen LogP contribution is 2.57. The molecule has 150 valence electrons. The quantitative estimate of drug-likeness (QED) is 0.510. The van der Waals surface area contributed by atoms with Crippen molar-refractivity contribution in [3.8, 4) is 0 Å². The van der Waals surface area contributed by atoms with Crippen LogP contribution in [0.1, 0.15) is 23.2 Å². The van der Waals surface area contributed by atoms with Crippen molar-refractivity contribution in [2.45, 2.75) is 19.4 Å². The Kier molecular flexibility index (Phi) is 3.71. The molecule has 0 amide bonds. The van der Waals surface area contributed by atoms with Crippen molar-refractivity contribution >= 4 is 16.7 Å². The van der Waals surface area contributed by atoms with E-state index < -0.39 is 0 Å². The third-order valence-electron chi connectivity index (χ3n) is 6.11. The number of aromatic nitrogens is 6. The van der Waals surface area contributed by atoms with Gasteiger partial charge in [0.15, 0.2) is 5.82 Å². The first-order valence-electron chi connectivity index (χ1n) is 9.98. The molecule has 0 spiro atoms. The summed E-state index contributed by atoms with van der Waals surface area (Å²) in [5.41, 5.74) is 1.57. The maximum Gasteiger partial charge on any atom is 0.276 e. The van der Waals surface area contributed by atoms with Crippen LogP contribution >= 0.6 is 0 Å². The predicted molar refractivity (Wildman–Crippen MR) is 108 cm³/mol. The van der Waals surface area contributed by atoms with E-state index in [-0.39, 0.29) is 12.1 Å². The molecular weight excluding hydrogens is 382 g/mol. The highest BCUT2D eigenvalue weighted by molar-refractivity contribution is 5.75. The number of hydrogen-bond acceptors (Lipinski definition) is 8. The standard InChI is InChI=1S/C21H19N7O2/c1-12-4-6-23-17(7-12)27-9-14-15(10-27)19(14)20-25-18(30-26-20)11-28-21(29)13-3-2-5-22-16(13)8-24-28/h2-8,14-15,19H,9-11H2,1H3. The zero-order chi connectivity index (χ0) is 20.2. The van der Waals surface area contributed by atoms with Gasteiger partial charge < -0.3 is 9.42 Å². The second kappa shape index (κ2) is 6.45. The van der Waals surface area contributed by atoms with Crippen LogP contribution in [0, 0.1) is 18.8 Å². The second-order valence-electron chi connectivity index (χ2n) is 8.04. The van der Waals surface area contributed by atoms with Gasteiger partial charge in [-0.1, -0.05) is 5.16 Å². The van der Waals surface area contributed by atoms with Gasteiger partial charge in [0.05, 0.1) is 17.1 Å². The van der Waals surface area contributed by atoms with Gasteiger partial charge in [-0.15, -0.1) is 0 Å². The van der Waals surface area contributed by atoms with Gasteiger partial charge in [0.2, 0.25) is 5.89 Å². The van der Waals surface area contributed by atoms with Gasteiger partial charge in [-0.25, -0.2) is 9.67 Å². The lowest BCUT2D eigenvalue weighted by molar-refractivity contribution is 0.358. The number of hydrogen-bond donors (Lipinski definition) is 0. The van der Waals surface area contributed by atoms with Gasteiger partial charge in [0, 0.05) is 31.4 Å². The lowest BCUT2D eigenvalue weighted by Gasteiger charge is -2.20. The summed E-state index contributed by atoms with van der Waals surface area (Å²) in [5, 5.41) is 8.89. The summed E-state index contributed by atoms with van der Waals surface area (Å²) in [5.74, 6) is 3.51. The summed E-state index contributed by atoms with van der Waals surface area (Å²) >= 11 is 0. The first-order chi connectivity index (χ1) is 14.7. The van der Waals surface area contributed by atoms with E-state index in [1.165, 1.54) is 10.2 Å². The molecule has 4 aromatic heterocycles. The van der Waals surface area contributed by atoms with E-state index >= 15 is 0 Å². The Morgan fingerprint density at radius 1 is 1.17 bits per heavy atom. The molecule has 9 nitrogen and oxygen atoms in total. The maximum absolute atomic E-state index is 12.6. The lowest BCUT2D eigenvalue weighted by atomic mass is 10.2. The molecule has 0 N–H and O–H groups in total. The third kappa shape index (κ3) is 2.77. The summed E-state index contributed by atoms with van der Waals surface area (Å²) in [6, 6.07) is 7.61. The third-order valence-corrected chi connectivity index (χ3v) is 6.11. The minimum atomic E-state index is -0.218. The number of aryl methyl sites for hydroxylation is 1. The van der Waals surface area contributed by atoms with Crippen LogP contribution in [0.2, 0.25) is 0 Å². The Morgan fingerprint density at radius 2 is 2.03 bits per heavy atom. The molecule has 1 saturated heterocycles. The molecule has 1 aliphatic carbocycles. The zero-order valence-corrected chi connectivity index (χ0v) is 16.3. The molecule has 0 aromatic carbocycles. The molecule has 2 unspecified atom stereocenters. The average molecular weight is 401 g/mol. The van der Waals surface area contributed by atoms with E-state index in [0.717, 1.165) is 24.7 Å². The molecular formula is C21H19N7O2. The molecule has 0 radical (unpaired) electrons. The normalized spacial score (nSPS) is 22.4. The van der Waals surface area contributed by atoms with Crippen molar-refractivity contribution in [3.05, 3.63) is 70.5 Å². The molecule has 4 aromatic rings. The van der Waals surface area contributed by atoms with E-state index in [0.29, 0.717) is 34.5 Å². The number of piperidine rings is 1. The van der Waals surface area contributed by atoms with E-state index in [4.69, 9.17) is 4.52 Å². The van der Waals surface area contributed by atoms with Crippen LogP contribution in [-0.4, -0.2) is 43.0 Å². The number of nitrogens with zero attached hydrogens (tertiary/aromatic N) is 7. The van der Waals surface area contributed by atoms with E-state index in [9.17, 15) is 4.79 Å². The average Bonchev–Trinajstić information content (AvgIpc) is 3.10. The summed E-state index contributed by atoms with van der Waals surface area (Å²) in [7, 11) is 0. The van der Waals surface area contributed by atoms with Crippen molar-refractivity contribution in [2.75, 3.05) is 18.0 Å². The molecule has 0 bridgehead atoms. The van der Waals surface area contributed by atoms with Crippen molar-refractivity contribution in [2.24, 2.45) is 11.8 Å². The number of anilines is 1. The van der Waals surface area contributed by atoms with Crippen LogP contribution in [0.15, 0.2) is 52.2 Å². The van der Waals surface area contributed by atoms with Gasteiger partial charge in [-0.2, -0.15) is 10.1 Å². The summed E-state index contributed by atoms with van der Waals surface area (Å²) < 4.78 is 6.76. The van der Waals surface area contributed by atoms with Gasteiger partial charge in [-0.05, 0) is 48.6 Å². The largest absolute Gasteiger partial charge is 0.356 e. The predicted octanol–water partition coefficient (Wildman–Crippen LogP) is 1.78. The minimum absolute atomic E-state index is 0.151. The van der Waals surface area contributed by atoms with Crippen molar-refractivity contribution in [1.29, 1.82) is 0 Å². The van der Waals surface area contributed by atoms with Crippen LogP contribution in [-0.2, 0) is 6.54 Å². The van der Waals surface area contributed by atoms with Crippen LogP contribution < -0.4 is 10.5 Å². The molecule has 2 aliphatic rings. The van der Waals surface area contributed by atoms with Gasteiger partial charge in [0.25, 0.3) is 5.56 Å². The summed E-state index contributed by atoms with van der Waals surface area (Å²) in [6.45, 7) is 4.14. The SMILES string of the molecule is Cc1ccnc(N2CC3C(C2)C3c2noc(Cn3ncc4ncccc4c3=O)n2)c1. The molecule has 2 fully saturated rings. The molecule has 1 saturated carbocycles. The van der Waals surface area contributed by atoms with Crippen molar-refractivity contribution in [1.82, 2.24) is 29.9 Å². The highest BCUT2D eigenvalue weighted by atomic mass is 16.5. The Balaban J connectivity index is 1.16. The fourth-order valence-electron chi connectivity index (χ4n) is 4.52. The van der Waals surface area contributed by atoms with Crippen LogP contribution in [0.3, 0.4) is 0 Å². The van der Waals surface area contributed by atoms with Gasteiger partial charge in [0.1, 0.15) is 12.4 Å². The molecule has 9 heteroatoms. The Labute approximate surface area is 171 Å². The van der Waals surface area contributed by atoms with Gasteiger partial charge >= 0.3 is 0 Å². The number of rotatable bonds is 4. The smallest absolute Gasteiger partial charge is 0.276 e. The topological polar surface area (TPSA) is 103 Å². The number of fused-ring (bicyclic) bond motifs is 2. The lowest BCUT2D eigenvalue weighted by Crippen LogP contribution is -2.25. The first kappa shape index (κ1) is 17.3. The highest BCUT2D eigenvalue weighted by Gasteiger charge is 2.58. The van der Waals surface area contributed by atoms with Crippen LogP contribution in [0.25, 0.3) is 10.9 Å². The molecule has 5 heterocycles. The second-order valence-corrected chi connectivity index (χ2v) is 8.04. The summed E-state index contributed by atoms with van der Waals surface area (Å²) in [4.78, 5) is 28.1. The Hall–Kier alpha value is -3.62. The van der Waals surface area contributed by atoms with Gasteiger partial charge in [-0.3, -0.25) is 9.78 Å². The van der Waals surface area contributed by atoms with Crippen molar-refractivity contribution in [3.63, 3.8) is 0 Å². The fraction of sp³-hybridized carbons (Fsp3) is 0.333. The minimum Gasteiger partial charge on any atom is -0.356 e. The summed E-state index contributed by atoms with van der Waals surface area (Å²) in [6.07, 6.45) is 5.07. The van der Waals surface area contributed by atoms with Crippen molar-refractivity contribution < 1.29 is 4.52 Å². The molecule has 30 heavy (non-hydrogen) atoms. The Morgan fingerprint density at radius 3 is 2.87 bits per heavy atom. The number of pyridine rings is 2. The first-order valence-corrected chi connectivity index (χ1v) is 9.98. The Bertz CT molecular complexity index is 1300. The van der Waals surface area contributed by atoms with E-state index in [2.05, 4.69) is 43.1 Å².